The van der Waals surface area contributed by atoms with Gasteiger partial charge in [0, 0.05) is 16.3 Å². The van der Waals surface area contributed by atoms with Gasteiger partial charge in [0.05, 0.1) is 11.7 Å². The number of benzene rings is 1. The van der Waals surface area contributed by atoms with E-state index in [0.717, 1.165) is 16.6 Å². The second kappa shape index (κ2) is 4.59. The fourth-order valence-corrected chi connectivity index (χ4v) is 2.27. The molecule has 0 aliphatic carbocycles. The van der Waals surface area contributed by atoms with Gasteiger partial charge in [0.2, 0.25) is 0 Å². The third-order valence-corrected chi connectivity index (χ3v) is 3.29. The topological polar surface area (TPSA) is 25.8 Å². The summed E-state index contributed by atoms with van der Waals surface area (Å²) in [6.45, 7) is 2.06. The first-order valence-electron chi connectivity index (χ1n) is 5.59. The van der Waals surface area contributed by atoms with Gasteiger partial charge in [-0.15, -0.1) is 11.3 Å². The van der Waals surface area contributed by atoms with Gasteiger partial charge in [0.1, 0.15) is 11.2 Å². The van der Waals surface area contributed by atoms with E-state index in [1.165, 1.54) is 5.56 Å². The van der Waals surface area contributed by atoms with E-state index in [4.69, 9.17) is 0 Å². The molecule has 0 unspecified atom stereocenters. The first-order valence-corrected chi connectivity index (χ1v) is 6.53. The summed E-state index contributed by atoms with van der Waals surface area (Å²) in [4.78, 5) is 8.76. The highest BCUT2D eigenvalue weighted by molar-refractivity contribution is 7.09. The minimum atomic E-state index is 0.710. The molecule has 0 saturated carbocycles. The number of hydrogen-bond acceptors (Lipinski definition) is 3. The van der Waals surface area contributed by atoms with E-state index in [1.807, 2.05) is 22.9 Å². The predicted molar refractivity (Wildman–Crippen MR) is 74.6 cm³/mol. The quantitative estimate of drug-likeness (QED) is 0.571. The maximum Gasteiger partial charge on any atom is 0.132 e. The Morgan fingerprint density at radius 1 is 1.00 bits per heavy atom. The number of aromatic nitrogens is 2. The van der Waals surface area contributed by atoms with E-state index < -0.39 is 0 Å². The van der Waals surface area contributed by atoms with Gasteiger partial charge in [-0.05, 0) is 25.0 Å². The van der Waals surface area contributed by atoms with Crippen molar-refractivity contribution in [3.05, 3.63) is 58.0 Å². The molecule has 0 aliphatic heterocycles. The summed E-state index contributed by atoms with van der Waals surface area (Å²) in [5.74, 6) is 6.14. The van der Waals surface area contributed by atoms with Crippen LogP contribution in [0.2, 0.25) is 0 Å². The number of hydrogen-bond donors (Lipinski definition) is 0. The smallest absolute Gasteiger partial charge is 0.132 e. The number of nitrogens with zero attached hydrogens (tertiary/aromatic N) is 2. The molecule has 1 aromatic carbocycles. The Morgan fingerprint density at radius 2 is 1.78 bits per heavy atom. The van der Waals surface area contributed by atoms with Crippen LogP contribution in [0.15, 0.2) is 41.2 Å². The molecule has 0 spiro atoms. The number of rotatable bonds is 0. The zero-order chi connectivity index (χ0) is 12.4. The molecule has 3 aromatic rings. The summed E-state index contributed by atoms with van der Waals surface area (Å²) in [5, 5.41) is 3.97. The maximum absolute atomic E-state index is 4.44. The molecular weight excluding hydrogens is 240 g/mol. The Hall–Kier alpha value is -2.18. The van der Waals surface area contributed by atoms with Gasteiger partial charge in [0.15, 0.2) is 0 Å². The highest BCUT2D eigenvalue weighted by Gasteiger charge is 1.97. The third-order valence-electron chi connectivity index (χ3n) is 2.58. The molecule has 18 heavy (non-hydrogen) atoms. The Bertz CT molecular complexity index is 745. The maximum atomic E-state index is 4.44. The minimum Gasteiger partial charge on any atom is -0.251 e. The van der Waals surface area contributed by atoms with Crippen LogP contribution in [0.25, 0.3) is 11.0 Å². The summed E-state index contributed by atoms with van der Waals surface area (Å²) in [5.41, 5.74) is 4.78. The standard InChI is InChI=1S/C15H10N2S/c1-11-2-4-12(5-3-11)6-7-13-8-16-14-9-18-10-15(14)17-13/h2-5,8-10H,1H3. The van der Waals surface area contributed by atoms with Gasteiger partial charge >= 0.3 is 0 Å². The summed E-state index contributed by atoms with van der Waals surface area (Å²) in [6, 6.07) is 8.13. The Labute approximate surface area is 109 Å². The molecule has 3 heteroatoms. The highest BCUT2D eigenvalue weighted by Crippen LogP contribution is 2.13. The second-order valence-electron chi connectivity index (χ2n) is 4.01. The summed E-state index contributed by atoms with van der Waals surface area (Å²) in [7, 11) is 0. The molecule has 0 aliphatic rings. The molecule has 0 radical (unpaired) electrons. The van der Waals surface area contributed by atoms with Crippen molar-refractivity contribution in [2.45, 2.75) is 6.92 Å². The van der Waals surface area contributed by atoms with Crippen molar-refractivity contribution < 1.29 is 0 Å². The van der Waals surface area contributed by atoms with E-state index in [1.54, 1.807) is 17.5 Å². The fraction of sp³-hybridized carbons (Fsp3) is 0.0667. The molecule has 0 amide bonds. The van der Waals surface area contributed by atoms with Crippen molar-refractivity contribution in [2.24, 2.45) is 0 Å². The van der Waals surface area contributed by atoms with Crippen molar-refractivity contribution in [1.82, 2.24) is 9.97 Å². The van der Waals surface area contributed by atoms with Gasteiger partial charge < -0.3 is 0 Å². The van der Waals surface area contributed by atoms with Crippen LogP contribution in [0.1, 0.15) is 16.8 Å². The molecule has 0 N–H and O–H groups in total. The zero-order valence-corrected chi connectivity index (χ0v) is 10.7. The van der Waals surface area contributed by atoms with E-state index in [0.29, 0.717) is 5.69 Å². The lowest BCUT2D eigenvalue weighted by atomic mass is 10.1. The second-order valence-corrected chi connectivity index (χ2v) is 4.76. The van der Waals surface area contributed by atoms with E-state index in [-0.39, 0.29) is 0 Å². The van der Waals surface area contributed by atoms with E-state index in [2.05, 4.69) is 40.9 Å². The van der Waals surface area contributed by atoms with Gasteiger partial charge in [-0.25, -0.2) is 4.98 Å². The molecular formula is C15H10N2S. The molecule has 0 fully saturated rings. The number of thiophene rings is 1. The van der Waals surface area contributed by atoms with Gasteiger partial charge in [-0.2, -0.15) is 0 Å². The summed E-state index contributed by atoms with van der Waals surface area (Å²) >= 11 is 1.60. The largest absolute Gasteiger partial charge is 0.251 e. The van der Waals surface area contributed by atoms with Crippen LogP contribution in [0, 0.1) is 18.8 Å². The average Bonchev–Trinajstić information content (AvgIpc) is 2.85. The van der Waals surface area contributed by atoms with Crippen LogP contribution in [-0.2, 0) is 0 Å². The minimum absolute atomic E-state index is 0.710. The molecule has 0 atom stereocenters. The van der Waals surface area contributed by atoms with Crippen LogP contribution in [0.5, 0.6) is 0 Å². The van der Waals surface area contributed by atoms with Gasteiger partial charge in [-0.1, -0.05) is 23.6 Å². The highest BCUT2D eigenvalue weighted by atomic mass is 32.1. The predicted octanol–water partition coefficient (Wildman–Crippen LogP) is 3.40. The van der Waals surface area contributed by atoms with Crippen LogP contribution < -0.4 is 0 Å². The van der Waals surface area contributed by atoms with Crippen LogP contribution in [0.4, 0.5) is 0 Å². The SMILES string of the molecule is Cc1ccc(C#Cc2cnc3cscc3n2)cc1. The average molecular weight is 250 g/mol. The fourth-order valence-electron chi connectivity index (χ4n) is 1.59. The molecule has 0 bridgehead atoms. The lowest BCUT2D eigenvalue weighted by Gasteiger charge is -1.92. The Balaban J connectivity index is 1.94. The Kier molecular flexibility index (Phi) is 2.79. The summed E-state index contributed by atoms with van der Waals surface area (Å²) in [6.07, 6.45) is 1.72. The molecule has 86 valence electrons. The van der Waals surface area contributed by atoms with Crippen molar-refractivity contribution in [1.29, 1.82) is 0 Å². The van der Waals surface area contributed by atoms with Crippen molar-refractivity contribution in [3.8, 4) is 11.8 Å². The van der Waals surface area contributed by atoms with Crippen molar-refractivity contribution in [2.75, 3.05) is 0 Å². The molecule has 2 nitrogen and oxygen atoms in total. The molecule has 2 heterocycles. The van der Waals surface area contributed by atoms with Crippen LogP contribution in [-0.4, -0.2) is 9.97 Å². The first-order chi connectivity index (χ1) is 8.81. The van der Waals surface area contributed by atoms with Crippen molar-refractivity contribution in [3.63, 3.8) is 0 Å². The summed E-state index contributed by atoms with van der Waals surface area (Å²) < 4.78 is 0. The lowest BCUT2D eigenvalue weighted by Crippen LogP contribution is -1.85. The van der Waals surface area contributed by atoms with Gasteiger partial charge in [-0.3, -0.25) is 4.98 Å². The molecule has 0 saturated heterocycles. The van der Waals surface area contributed by atoms with Crippen LogP contribution in [0.3, 0.4) is 0 Å². The monoisotopic (exact) mass is 250 g/mol. The normalized spacial score (nSPS) is 10.1. The molecule has 3 rings (SSSR count). The third kappa shape index (κ3) is 2.24. The van der Waals surface area contributed by atoms with Crippen molar-refractivity contribution >= 4 is 22.4 Å². The zero-order valence-electron chi connectivity index (χ0n) is 9.84. The van der Waals surface area contributed by atoms with E-state index in [9.17, 15) is 0 Å². The van der Waals surface area contributed by atoms with Crippen LogP contribution >= 0.6 is 11.3 Å². The van der Waals surface area contributed by atoms with Gasteiger partial charge in [0.25, 0.3) is 0 Å². The molecule has 2 aromatic heterocycles. The Morgan fingerprint density at radius 3 is 2.61 bits per heavy atom. The number of aryl methyl sites for hydroxylation is 1. The lowest BCUT2D eigenvalue weighted by molar-refractivity contribution is 1.27. The first kappa shape index (κ1) is 10.9. The number of fused-ring (bicyclic) bond motifs is 1. The van der Waals surface area contributed by atoms with E-state index >= 15 is 0 Å².